The predicted octanol–water partition coefficient (Wildman–Crippen LogP) is 1.92. The van der Waals surface area contributed by atoms with Gasteiger partial charge in [0.25, 0.3) is 0 Å². The molecule has 0 N–H and O–H groups in total. The average molecular weight is 216 g/mol. The van der Waals surface area contributed by atoms with Crippen LogP contribution in [-0.2, 0) is 19.1 Å². The first-order chi connectivity index (χ1) is 6.85. The zero-order valence-corrected chi connectivity index (χ0v) is 10.1. The van der Waals surface area contributed by atoms with Crippen molar-refractivity contribution in [3.05, 3.63) is 0 Å². The minimum atomic E-state index is -1.20. The van der Waals surface area contributed by atoms with Crippen LogP contribution in [0.4, 0.5) is 0 Å². The summed E-state index contributed by atoms with van der Waals surface area (Å²) in [6, 6.07) is 0. The summed E-state index contributed by atoms with van der Waals surface area (Å²) in [4.78, 5) is 22.9. The van der Waals surface area contributed by atoms with Crippen LogP contribution in [0, 0.1) is 5.92 Å². The van der Waals surface area contributed by atoms with Crippen LogP contribution in [0.5, 0.6) is 0 Å². The minimum Gasteiger partial charge on any atom is -0.463 e. The first-order valence-electron chi connectivity index (χ1n) is 5.25. The van der Waals surface area contributed by atoms with Gasteiger partial charge in [-0.2, -0.15) is 0 Å². The van der Waals surface area contributed by atoms with Gasteiger partial charge in [0.15, 0.2) is 0 Å². The van der Waals surface area contributed by atoms with Gasteiger partial charge in [-0.3, -0.25) is 4.79 Å². The third-order valence-electron chi connectivity index (χ3n) is 2.14. The highest BCUT2D eigenvalue weighted by atomic mass is 16.6. The smallest absolute Gasteiger partial charge is 0.349 e. The molecule has 1 unspecified atom stereocenters. The molecule has 0 aliphatic rings. The van der Waals surface area contributed by atoms with Crippen molar-refractivity contribution in [3.8, 4) is 0 Å². The van der Waals surface area contributed by atoms with Crippen LogP contribution in [0.1, 0.15) is 41.0 Å². The Hall–Kier alpha value is -1.06. The maximum Gasteiger partial charge on any atom is 0.349 e. The molecule has 0 saturated carbocycles. The van der Waals surface area contributed by atoms with Crippen molar-refractivity contribution in [1.29, 1.82) is 0 Å². The fourth-order valence-electron chi connectivity index (χ4n) is 0.865. The molecule has 0 rings (SSSR count). The summed E-state index contributed by atoms with van der Waals surface area (Å²) in [5, 5.41) is 0. The third kappa shape index (κ3) is 4.32. The lowest BCUT2D eigenvalue weighted by molar-refractivity contribution is -0.180. The van der Waals surface area contributed by atoms with Gasteiger partial charge in [0.1, 0.15) is 0 Å². The molecule has 4 nitrogen and oxygen atoms in total. The molecule has 0 aromatic heterocycles. The van der Waals surface area contributed by atoms with Gasteiger partial charge in [-0.05, 0) is 27.2 Å². The van der Waals surface area contributed by atoms with E-state index in [9.17, 15) is 9.59 Å². The molecule has 0 amide bonds. The van der Waals surface area contributed by atoms with Crippen LogP contribution in [0.25, 0.3) is 0 Å². The van der Waals surface area contributed by atoms with Crippen LogP contribution in [0.15, 0.2) is 0 Å². The summed E-state index contributed by atoms with van der Waals surface area (Å²) in [6.07, 6.45) is 0.692. The van der Waals surface area contributed by atoms with Crippen molar-refractivity contribution in [2.45, 2.75) is 46.6 Å². The monoisotopic (exact) mass is 216 g/mol. The van der Waals surface area contributed by atoms with E-state index in [1.54, 1.807) is 13.8 Å². The fraction of sp³-hybridized carbons (Fsp3) is 0.818. The van der Waals surface area contributed by atoms with E-state index in [4.69, 9.17) is 9.47 Å². The van der Waals surface area contributed by atoms with Crippen LogP contribution < -0.4 is 0 Å². The topological polar surface area (TPSA) is 52.6 Å². The first-order valence-corrected chi connectivity index (χ1v) is 5.25. The van der Waals surface area contributed by atoms with Gasteiger partial charge in [0, 0.05) is 0 Å². The van der Waals surface area contributed by atoms with Gasteiger partial charge < -0.3 is 9.47 Å². The SMILES string of the molecule is CCOC(=O)C(C)(C)OC(=O)C(C)CC. The van der Waals surface area contributed by atoms with E-state index in [0.717, 1.165) is 0 Å². The summed E-state index contributed by atoms with van der Waals surface area (Å²) >= 11 is 0. The highest BCUT2D eigenvalue weighted by Crippen LogP contribution is 2.15. The van der Waals surface area contributed by atoms with Gasteiger partial charge in [-0.15, -0.1) is 0 Å². The second-order valence-corrected chi connectivity index (χ2v) is 3.96. The van der Waals surface area contributed by atoms with Crippen LogP contribution in [-0.4, -0.2) is 24.1 Å². The second-order valence-electron chi connectivity index (χ2n) is 3.96. The number of carbonyl (C=O) groups is 2. The zero-order chi connectivity index (χ0) is 12.1. The van der Waals surface area contributed by atoms with Crippen molar-refractivity contribution in [2.24, 2.45) is 5.92 Å². The molecule has 0 aromatic carbocycles. The predicted molar refractivity (Wildman–Crippen MR) is 56.3 cm³/mol. The van der Waals surface area contributed by atoms with E-state index in [1.165, 1.54) is 13.8 Å². The molecule has 0 saturated heterocycles. The molecule has 15 heavy (non-hydrogen) atoms. The summed E-state index contributed by atoms with van der Waals surface area (Å²) < 4.78 is 9.90. The molecule has 0 aromatic rings. The van der Waals surface area contributed by atoms with Gasteiger partial charge in [0.05, 0.1) is 12.5 Å². The fourth-order valence-corrected chi connectivity index (χ4v) is 0.865. The van der Waals surface area contributed by atoms with Crippen molar-refractivity contribution < 1.29 is 19.1 Å². The number of carbonyl (C=O) groups excluding carboxylic acids is 2. The molecule has 1 atom stereocenters. The lowest BCUT2D eigenvalue weighted by atomic mass is 10.1. The van der Waals surface area contributed by atoms with Crippen molar-refractivity contribution in [1.82, 2.24) is 0 Å². The molecule has 88 valence electrons. The lowest BCUT2D eigenvalue weighted by Gasteiger charge is -2.24. The molecular formula is C11H20O4. The Kier molecular flexibility index (Phi) is 5.33. The number of hydrogen-bond acceptors (Lipinski definition) is 4. The molecule has 0 bridgehead atoms. The van der Waals surface area contributed by atoms with E-state index >= 15 is 0 Å². The van der Waals surface area contributed by atoms with Crippen LogP contribution in [0.2, 0.25) is 0 Å². The number of ether oxygens (including phenoxy) is 2. The molecule has 0 radical (unpaired) electrons. The maximum atomic E-state index is 11.5. The molecule has 4 heteroatoms. The zero-order valence-electron chi connectivity index (χ0n) is 10.1. The second kappa shape index (κ2) is 5.73. The lowest BCUT2D eigenvalue weighted by Crippen LogP contribution is -2.40. The number of esters is 2. The van der Waals surface area contributed by atoms with E-state index in [2.05, 4.69) is 0 Å². The Morgan fingerprint density at radius 3 is 2.20 bits per heavy atom. The van der Waals surface area contributed by atoms with Crippen molar-refractivity contribution >= 4 is 11.9 Å². The quantitative estimate of drug-likeness (QED) is 0.659. The highest BCUT2D eigenvalue weighted by Gasteiger charge is 2.34. The third-order valence-corrected chi connectivity index (χ3v) is 2.14. The first kappa shape index (κ1) is 13.9. The van der Waals surface area contributed by atoms with Crippen LogP contribution >= 0.6 is 0 Å². The van der Waals surface area contributed by atoms with Gasteiger partial charge in [0.2, 0.25) is 5.60 Å². The molecule has 0 spiro atoms. The normalized spacial score (nSPS) is 13.1. The summed E-state index contributed by atoms with van der Waals surface area (Å²) in [5.41, 5.74) is -1.20. The Morgan fingerprint density at radius 1 is 1.27 bits per heavy atom. The Morgan fingerprint density at radius 2 is 1.80 bits per heavy atom. The number of hydrogen-bond donors (Lipinski definition) is 0. The summed E-state index contributed by atoms with van der Waals surface area (Å²) in [6.45, 7) is 8.72. The largest absolute Gasteiger partial charge is 0.463 e. The standard InChI is InChI=1S/C11H20O4/c1-6-8(3)9(12)15-11(4,5)10(13)14-7-2/h8H,6-7H2,1-5H3. The average Bonchev–Trinajstić information content (AvgIpc) is 2.16. The minimum absolute atomic E-state index is 0.196. The Balaban J connectivity index is 4.36. The highest BCUT2D eigenvalue weighted by molar-refractivity contribution is 5.83. The maximum absolute atomic E-state index is 11.5. The van der Waals surface area contributed by atoms with E-state index in [1.807, 2.05) is 6.92 Å². The van der Waals surface area contributed by atoms with E-state index in [0.29, 0.717) is 6.42 Å². The molecule has 0 heterocycles. The molecule has 0 aliphatic heterocycles. The van der Waals surface area contributed by atoms with Gasteiger partial charge >= 0.3 is 11.9 Å². The Labute approximate surface area is 90.9 Å². The molecule has 0 aliphatic carbocycles. The number of rotatable bonds is 5. The summed E-state index contributed by atoms with van der Waals surface area (Å²) in [7, 11) is 0. The van der Waals surface area contributed by atoms with Crippen molar-refractivity contribution in [3.63, 3.8) is 0 Å². The van der Waals surface area contributed by atoms with Crippen molar-refractivity contribution in [2.75, 3.05) is 6.61 Å². The van der Waals surface area contributed by atoms with E-state index in [-0.39, 0.29) is 18.5 Å². The summed E-state index contributed by atoms with van der Waals surface area (Å²) in [5.74, 6) is -1.07. The van der Waals surface area contributed by atoms with E-state index < -0.39 is 11.6 Å². The van der Waals surface area contributed by atoms with Crippen LogP contribution in [0.3, 0.4) is 0 Å². The van der Waals surface area contributed by atoms with Gasteiger partial charge in [-0.1, -0.05) is 13.8 Å². The molecule has 0 fully saturated rings. The van der Waals surface area contributed by atoms with Gasteiger partial charge in [-0.25, -0.2) is 4.79 Å². The molecular weight excluding hydrogens is 196 g/mol. The Bertz CT molecular complexity index is 233.